The van der Waals surface area contributed by atoms with E-state index in [-0.39, 0.29) is 0 Å². The highest BCUT2D eigenvalue weighted by molar-refractivity contribution is 7.80. The lowest BCUT2D eigenvalue weighted by atomic mass is 9.44. The fourth-order valence-electron chi connectivity index (χ4n) is 7.88. The van der Waals surface area contributed by atoms with Crippen molar-refractivity contribution < 1.29 is 4.79 Å². The largest absolute Gasteiger partial charge is 0.299 e. The maximum Gasteiger partial charge on any atom is 0.136 e. The van der Waals surface area contributed by atoms with Crippen molar-refractivity contribution in [1.82, 2.24) is 0 Å². The van der Waals surface area contributed by atoms with Crippen LogP contribution in [0.4, 0.5) is 0 Å². The van der Waals surface area contributed by atoms with Crippen molar-refractivity contribution in [3.8, 4) is 0 Å². The van der Waals surface area contributed by atoms with Crippen molar-refractivity contribution in [1.29, 1.82) is 0 Å². The summed E-state index contributed by atoms with van der Waals surface area (Å²) in [7, 11) is 0. The van der Waals surface area contributed by atoms with E-state index in [1.807, 2.05) is 0 Å². The first-order valence-electron chi connectivity index (χ1n) is 10.6. The van der Waals surface area contributed by atoms with Gasteiger partial charge in [-0.05, 0) is 91.6 Å². The van der Waals surface area contributed by atoms with Gasteiger partial charge in [0.15, 0.2) is 0 Å². The average molecular weight is 349 g/mol. The molecule has 0 saturated heterocycles. The Balaban J connectivity index is 1.61. The topological polar surface area (TPSA) is 17.1 Å². The van der Waals surface area contributed by atoms with E-state index < -0.39 is 0 Å². The highest BCUT2D eigenvalue weighted by atomic mass is 32.1. The Bertz CT molecular complexity index is 502. The minimum absolute atomic E-state index is 0.407. The number of rotatable bonds is 3. The van der Waals surface area contributed by atoms with E-state index in [2.05, 4.69) is 26.5 Å². The summed E-state index contributed by atoms with van der Waals surface area (Å²) in [5, 5.41) is 0. The Hall–Kier alpha value is 0.0200. The van der Waals surface area contributed by atoms with Crippen LogP contribution in [0.5, 0.6) is 0 Å². The summed E-state index contributed by atoms with van der Waals surface area (Å²) in [6.45, 7) is 5.11. The Morgan fingerprint density at radius 3 is 2.58 bits per heavy atom. The number of hydrogen-bond donors (Lipinski definition) is 1. The summed E-state index contributed by atoms with van der Waals surface area (Å²) in [5.74, 6) is 5.02. The molecule has 4 rings (SSSR count). The van der Waals surface area contributed by atoms with Crippen LogP contribution in [0.1, 0.15) is 84.5 Å². The van der Waals surface area contributed by atoms with Gasteiger partial charge < -0.3 is 0 Å². The molecular weight excluding hydrogens is 312 g/mol. The first kappa shape index (κ1) is 17.4. The number of thiol groups is 1. The Labute approximate surface area is 154 Å². The SMILES string of the molecule is CC12CCCCC1CC(=O)C1C2CCC2(C)C1CC[C@@H]2CCCS. The predicted octanol–water partition coefficient (Wildman–Crippen LogP) is 5.92. The second-order valence-electron chi connectivity index (χ2n) is 10.0. The number of hydrogen-bond acceptors (Lipinski definition) is 2. The molecule has 0 bridgehead atoms. The third-order valence-corrected chi connectivity index (χ3v) is 9.61. The second-order valence-corrected chi connectivity index (χ2v) is 10.5. The molecule has 0 aliphatic heterocycles. The van der Waals surface area contributed by atoms with Gasteiger partial charge in [-0.2, -0.15) is 12.6 Å². The molecule has 4 fully saturated rings. The van der Waals surface area contributed by atoms with Gasteiger partial charge in [-0.25, -0.2) is 0 Å². The molecule has 4 saturated carbocycles. The minimum atomic E-state index is 0.407. The predicted molar refractivity (Wildman–Crippen MR) is 103 cm³/mol. The van der Waals surface area contributed by atoms with Crippen LogP contribution in [0.15, 0.2) is 0 Å². The lowest BCUT2D eigenvalue weighted by Crippen LogP contribution is -2.56. The molecule has 2 heteroatoms. The van der Waals surface area contributed by atoms with Crippen molar-refractivity contribution in [2.24, 2.45) is 40.4 Å². The number of Topliss-reactive ketones (excluding diaryl/α,β-unsaturated/α-hetero) is 1. The summed E-state index contributed by atoms with van der Waals surface area (Å²) in [6, 6.07) is 0. The molecule has 24 heavy (non-hydrogen) atoms. The van der Waals surface area contributed by atoms with E-state index >= 15 is 0 Å². The van der Waals surface area contributed by atoms with E-state index in [1.165, 1.54) is 64.2 Å². The smallest absolute Gasteiger partial charge is 0.136 e. The minimum Gasteiger partial charge on any atom is -0.299 e. The highest BCUT2D eigenvalue weighted by Crippen LogP contribution is 2.67. The third-order valence-electron chi connectivity index (χ3n) is 9.29. The van der Waals surface area contributed by atoms with Gasteiger partial charge in [0, 0.05) is 12.3 Å². The average Bonchev–Trinajstić information content (AvgIpc) is 2.90. The van der Waals surface area contributed by atoms with Crippen LogP contribution in [0.2, 0.25) is 0 Å². The molecule has 0 amide bonds. The maximum absolute atomic E-state index is 13.2. The van der Waals surface area contributed by atoms with Crippen molar-refractivity contribution in [3.05, 3.63) is 0 Å². The molecule has 6 unspecified atom stereocenters. The lowest BCUT2D eigenvalue weighted by molar-refractivity contribution is -0.155. The second kappa shape index (κ2) is 6.32. The monoisotopic (exact) mass is 348 g/mol. The van der Waals surface area contributed by atoms with Crippen LogP contribution in [-0.2, 0) is 4.79 Å². The number of carbonyl (C=O) groups excluding carboxylic acids is 1. The summed E-state index contributed by atoms with van der Waals surface area (Å²) in [6.07, 6.45) is 14.4. The van der Waals surface area contributed by atoms with Crippen molar-refractivity contribution in [2.75, 3.05) is 5.75 Å². The van der Waals surface area contributed by atoms with E-state index in [9.17, 15) is 4.79 Å². The van der Waals surface area contributed by atoms with Crippen LogP contribution in [-0.4, -0.2) is 11.5 Å². The summed E-state index contributed by atoms with van der Waals surface area (Å²) < 4.78 is 0. The van der Waals surface area contributed by atoms with Crippen molar-refractivity contribution >= 4 is 18.4 Å². The van der Waals surface area contributed by atoms with Gasteiger partial charge >= 0.3 is 0 Å². The third kappa shape index (κ3) is 2.45. The van der Waals surface area contributed by atoms with Crippen LogP contribution >= 0.6 is 12.6 Å². The molecule has 4 aliphatic rings. The zero-order valence-corrected chi connectivity index (χ0v) is 16.6. The molecule has 4 aliphatic carbocycles. The number of carbonyl (C=O) groups is 1. The zero-order valence-electron chi connectivity index (χ0n) is 15.7. The number of ketones is 1. The quantitative estimate of drug-likeness (QED) is 0.626. The molecule has 0 heterocycles. The van der Waals surface area contributed by atoms with Gasteiger partial charge in [0.1, 0.15) is 5.78 Å². The van der Waals surface area contributed by atoms with Crippen LogP contribution in [0, 0.1) is 40.4 Å². The first-order valence-corrected chi connectivity index (χ1v) is 11.3. The summed E-state index contributed by atoms with van der Waals surface area (Å²) >= 11 is 4.44. The van der Waals surface area contributed by atoms with Gasteiger partial charge in [-0.3, -0.25) is 4.79 Å². The van der Waals surface area contributed by atoms with Gasteiger partial charge in [0.25, 0.3) is 0 Å². The fourth-order valence-corrected chi connectivity index (χ4v) is 8.06. The molecule has 0 aromatic carbocycles. The summed E-state index contributed by atoms with van der Waals surface area (Å²) in [4.78, 5) is 13.2. The molecule has 7 atom stereocenters. The molecule has 0 spiro atoms. The van der Waals surface area contributed by atoms with Gasteiger partial charge in [0.2, 0.25) is 0 Å². The lowest BCUT2D eigenvalue weighted by Gasteiger charge is -2.59. The molecule has 0 radical (unpaired) electrons. The van der Waals surface area contributed by atoms with Gasteiger partial charge in [-0.15, -0.1) is 0 Å². The molecule has 0 aromatic rings. The van der Waals surface area contributed by atoms with Crippen LogP contribution < -0.4 is 0 Å². The van der Waals surface area contributed by atoms with Crippen molar-refractivity contribution in [2.45, 2.75) is 84.5 Å². The maximum atomic E-state index is 13.2. The highest BCUT2D eigenvalue weighted by Gasteiger charge is 2.61. The first-order chi connectivity index (χ1) is 11.5. The van der Waals surface area contributed by atoms with Gasteiger partial charge in [0.05, 0.1) is 0 Å². The van der Waals surface area contributed by atoms with Crippen molar-refractivity contribution in [3.63, 3.8) is 0 Å². The van der Waals surface area contributed by atoms with E-state index in [1.54, 1.807) is 0 Å². The Kier molecular flexibility index (Phi) is 4.59. The normalized spacial score (nSPS) is 51.0. The fraction of sp³-hybridized carbons (Fsp3) is 0.955. The molecule has 0 aromatic heterocycles. The summed E-state index contributed by atoms with van der Waals surface area (Å²) in [5.41, 5.74) is 0.916. The van der Waals surface area contributed by atoms with Crippen LogP contribution in [0.3, 0.4) is 0 Å². The molecule has 1 nitrogen and oxygen atoms in total. The van der Waals surface area contributed by atoms with Crippen LogP contribution in [0.25, 0.3) is 0 Å². The molecular formula is C22H36OS. The standard InChI is InChI=1S/C22H36OS/c1-21-11-4-3-6-16(21)14-19(23)20-17-9-8-15(7-5-13-24)22(17,2)12-10-18(20)21/h15-18,20,24H,3-14H2,1-2H3/t15-,16?,17?,18?,20?,21?,22?/m0/s1. The van der Waals surface area contributed by atoms with E-state index in [0.29, 0.717) is 40.3 Å². The molecule has 0 N–H and O–H groups in total. The van der Waals surface area contributed by atoms with E-state index in [0.717, 1.165) is 18.1 Å². The van der Waals surface area contributed by atoms with Gasteiger partial charge in [-0.1, -0.05) is 26.7 Å². The van der Waals surface area contributed by atoms with E-state index in [4.69, 9.17) is 0 Å². The Morgan fingerprint density at radius 1 is 1.00 bits per heavy atom. The number of fused-ring (bicyclic) bond motifs is 5. The zero-order chi connectivity index (χ0) is 16.9. The Morgan fingerprint density at radius 2 is 1.79 bits per heavy atom. The molecule has 136 valence electrons.